The van der Waals surface area contributed by atoms with Crippen molar-refractivity contribution in [3.8, 4) is 16.9 Å². The predicted molar refractivity (Wildman–Crippen MR) is 137 cm³/mol. The molecule has 1 aliphatic rings. The maximum Gasteiger partial charge on any atom is 0.156 e. The fourth-order valence-corrected chi connectivity index (χ4v) is 5.85. The summed E-state index contributed by atoms with van der Waals surface area (Å²) in [4.78, 5) is 6.85. The number of hydrogen-bond acceptors (Lipinski definition) is 8. The van der Waals surface area contributed by atoms with Gasteiger partial charge in [0, 0.05) is 50.1 Å². The molecular weight excluding hydrogens is 502 g/mol. The Morgan fingerprint density at radius 2 is 1.95 bits per heavy atom. The molecule has 4 rings (SSSR count). The molecule has 3 heterocycles. The highest BCUT2D eigenvalue weighted by Crippen LogP contribution is 2.25. The molecule has 1 aromatic carbocycles. The van der Waals surface area contributed by atoms with Crippen LogP contribution in [-0.2, 0) is 20.3 Å². The largest absolute Gasteiger partial charge is 0.383 e. The van der Waals surface area contributed by atoms with Crippen LogP contribution in [0.15, 0.2) is 36.7 Å². The quantitative estimate of drug-likeness (QED) is 0.399. The van der Waals surface area contributed by atoms with Gasteiger partial charge in [0.15, 0.2) is 21.5 Å². The number of anilines is 1. The molecule has 0 bridgehead atoms. The lowest BCUT2D eigenvalue weighted by Gasteiger charge is -2.32. The van der Waals surface area contributed by atoms with E-state index < -0.39 is 32.9 Å². The number of aromatic nitrogens is 4. The molecule has 0 spiro atoms. The lowest BCUT2D eigenvalue weighted by Crippen LogP contribution is -2.40. The summed E-state index contributed by atoms with van der Waals surface area (Å²) < 4.78 is 60.2. The summed E-state index contributed by atoms with van der Waals surface area (Å²) in [5.74, 6) is -1.67. The van der Waals surface area contributed by atoms with Crippen LogP contribution in [0.4, 0.5) is 14.6 Å². The Bertz CT molecular complexity index is 1290. The molecule has 0 aliphatic carbocycles. The van der Waals surface area contributed by atoms with E-state index in [2.05, 4.69) is 25.5 Å². The van der Waals surface area contributed by atoms with Crippen LogP contribution in [-0.4, -0.2) is 78.4 Å². The molecular formula is C25H32F2N6O3S. The number of hydrogen-bond donors (Lipinski definition) is 1. The lowest BCUT2D eigenvalue weighted by atomic mass is 10.1. The van der Waals surface area contributed by atoms with Crippen LogP contribution >= 0.6 is 0 Å². The smallest absolute Gasteiger partial charge is 0.156 e. The number of nitrogens with zero attached hydrogens (tertiary/aromatic N) is 5. The molecule has 0 amide bonds. The number of ether oxygens (including phenoxy) is 1. The van der Waals surface area contributed by atoms with Gasteiger partial charge in [-0.25, -0.2) is 26.9 Å². The molecule has 0 atom stereocenters. The molecule has 0 unspecified atom stereocenters. The Hall–Kier alpha value is -2.96. The van der Waals surface area contributed by atoms with Crippen LogP contribution in [0.2, 0.25) is 0 Å². The molecule has 0 radical (unpaired) electrons. The first-order valence-electron chi connectivity index (χ1n) is 12.3. The van der Waals surface area contributed by atoms with E-state index >= 15 is 4.39 Å². The van der Waals surface area contributed by atoms with E-state index in [0.29, 0.717) is 23.7 Å². The van der Waals surface area contributed by atoms with Gasteiger partial charge >= 0.3 is 0 Å². The topological polar surface area (TPSA) is 102 Å². The Morgan fingerprint density at radius 1 is 1.16 bits per heavy atom. The molecule has 9 nitrogen and oxygen atoms in total. The first kappa shape index (κ1) is 27.1. The second-order valence-corrected chi connectivity index (χ2v) is 11.4. The monoisotopic (exact) mass is 534 g/mol. The minimum atomic E-state index is -3.51. The van der Waals surface area contributed by atoms with Crippen molar-refractivity contribution in [2.75, 3.05) is 44.4 Å². The molecule has 0 saturated carbocycles. The molecule has 3 aromatic rings. The van der Waals surface area contributed by atoms with Crippen molar-refractivity contribution in [3.63, 3.8) is 0 Å². The zero-order chi connectivity index (χ0) is 26.4. The maximum absolute atomic E-state index is 15.1. The number of halogens is 2. The molecule has 1 N–H and O–H groups in total. The average Bonchev–Trinajstić information content (AvgIpc) is 3.35. The summed E-state index contributed by atoms with van der Waals surface area (Å²) in [5.41, 5.74) is 0.441. The number of sulfone groups is 1. The van der Waals surface area contributed by atoms with Gasteiger partial charge < -0.3 is 15.0 Å². The maximum atomic E-state index is 15.1. The summed E-state index contributed by atoms with van der Waals surface area (Å²) >= 11 is 0. The van der Waals surface area contributed by atoms with Crippen LogP contribution in [0.25, 0.3) is 16.9 Å². The van der Waals surface area contributed by atoms with Crippen LogP contribution in [0.5, 0.6) is 0 Å². The fraction of sp³-hybridized carbons (Fsp3) is 0.480. The third kappa shape index (κ3) is 6.88. The Morgan fingerprint density at radius 3 is 2.62 bits per heavy atom. The van der Waals surface area contributed by atoms with Crippen LogP contribution in [0.1, 0.15) is 31.7 Å². The van der Waals surface area contributed by atoms with Gasteiger partial charge in [0.25, 0.3) is 0 Å². The SMILES string of the molecule is CCCS(=O)(=O)Cc1ccc(F)c(-n2cc(-c3ccc(NC4CCN(CCOC)CC4)nc3)nn2)c1F. The standard InChI is InChI=1S/C25H32F2N6O3S/c1-3-14-37(34,35)17-19-4-6-21(26)25(24(19)27)33-16-22(30-31-33)18-5-7-23(28-15-18)29-20-8-10-32(11-9-20)12-13-36-2/h4-7,15-16,20H,3,8-14,17H2,1-2H3,(H,28,29). The van der Waals surface area contributed by atoms with Crippen molar-refractivity contribution >= 4 is 15.7 Å². The van der Waals surface area contributed by atoms with Crippen LogP contribution < -0.4 is 5.32 Å². The van der Waals surface area contributed by atoms with Gasteiger partial charge in [-0.15, -0.1) is 5.10 Å². The minimum Gasteiger partial charge on any atom is -0.383 e. The highest BCUT2D eigenvalue weighted by atomic mass is 32.2. The second-order valence-electron chi connectivity index (χ2n) is 9.19. The number of rotatable bonds is 11. The summed E-state index contributed by atoms with van der Waals surface area (Å²) in [6.07, 6.45) is 5.46. The Kier molecular flexibility index (Phi) is 8.83. The van der Waals surface area contributed by atoms with Crippen molar-refractivity contribution in [3.05, 3.63) is 53.9 Å². The molecule has 1 saturated heterocycles. The summed E-state index contributed by atoms with van der Waals surface area (Å²) in [6.45, 7) is 5.40. The van der Waals surface area contributed by atoms with E-state index in [1.165, 1.54) is 6.20 Å². The Balaban J connectivity index is 1.44. The van der Waals surface area contributed by atoms with E-state index in [1.807, 2.05) is 12.1 Å². The molecule has 1 fully saturated rings. The third-order valence-electron chi connectivity index (χ3n) is 6.37. The normalized spacial score (nSPS) is 15.2. The molecule has 1 aliphatic heterocycles. The van der Waals surface area contributed by atoms with Gasteiger partial charge in [-0.2, -0.15) is 0 Å². The molecule has 12 heteroatoms. The highest BCUT2D eigenvalue weighted by Gasteiger charge is 2.22. The fourth-order valence-electron chi connectivity index (χ4n) is 4.39. The van der Waals surface area contributed by atoms with Gasteiger partial charge in [-0.1, -0.05) is 18.2 Å². The van der Waals surface area contributed by atoms with E-state index in [0.717, 1.165) is 61.7 Å². The van der Waals surface area contributed by atoms with E-state index in [9.17, 15) is 12.8 Å². The van der Waals surface area contributed by atoms with Crippen LogP contribution in [0.3, 0.4) is 0 Å². The number of pyridine rings is 1. The summed E-state index contributed by atoms with van der Waals surface area (Å²) in [6, 6.07) is 6.18. The van der Waals surface area contributed by atoms with E-state index in [4.69, 9.17) is 4.74 Å². The minimum absolute atomic E-state index is 0.0714. The summed E-state index contributed by atoms with van der Waals surface area (Å²) in [7, 11) is -1.80. The second kappa shape index (κ2) is 12.1. The summed E-state index contributed by atoms with van der Waals surface area (Å²) in [5, 5.41) is 11.4. The molecule has 200 valence electrons. The van der Waals surface area contributed by atoms with Crippen molar-refractivity contribution in [1.29, 1.82) is 0 Å². The first-order chi connectivity index (χ1) is 17.8. The van der Waals surface area contributed by atoms with Crippen molar-refractivity contribution in [1.82, 2.24) is 24.9 Å². The van der Waals surface area contributed by atoms with Crippen LogP contribution in [0, 0.1) is 11.6 Å². The highest BCUT2D eigenvalue weighted by molar-refractivity contribution is 7.90. The van der Waals surface area contributed by atoms with Gasteiger partial charge in [0.1, 0.15) is 17.2 Å². The lowest BCUT2D eigenvalue weighted by molar-refractivity contribution is 0.132. The molecule has 2 aromatic heterocycles. The van der Waals surface area contributed by atoms with Crippen molar-refractivity contribution < 1.29 is 21.9 Å². The number of nitrogens with one attached hydrogen (secondary N) is 1. The van der Waals surface area contributed by atoms with Gasteiger partial charge in [-0.05, 0) is 37.5 Å². The van der Waals surface area contributed by atoms with Gasteiger partial charge in [0.05, 0.1) is 24.3 Å². The average molecular weight is 535 g/mol. The number of likely N-dealkylation sites (tertiary alicyclic amines) is 1. The molecule has 37 heavy (non-hydrogen) atoms. The number of piperidine rings is 1. The zero-order valence-corrected chi connectivity index (χ0v) is 21.8. The third-order valence-corrected chi connectivity index (χ3v) is 8.15. The van der Waals surface area contributed by atoms with E-state index in [1.54, 1.807) is 20.2 Å². The van der Waals surface area contributed by atoms with E-state index in [-0.39, 0.29) is 11.3 Å². The predicted octanol–water partition coefficient (Wildman–Crippen LogP) is 3.46. The first-order valence-corrected chi connectivity index (χ1v) is 14.2. The van der Waals surface area contributed by atoms with Crippen molar-refractivity contribution in [2.45, 2.75) is 38.0 Å². The Labute approximate surface area is 215 Å². The van der Waals surface area contributed by atoms with Crippen molar-refractivity contribution in [2.24, 2.45) is 0 Å². The van der Waals surface area contributed by atoms with Gasteiger partial charge in [-0.3, -0.25) is 0 Å². The van der Waals surface area contributed by atoms with Gasteiger partial charge in [0.2, 0.25) is 0 Å². The zero-order valence-electron chi connectivity index (χ0n) is 21.0. The number of methoxy groups -OCH3 is 1. The number of benzene rings is 1.